The lowest BCUT2D eigenvalue weighted by Gasteiger charge is -1.90. The maximum atomic E-state index is 8.67. The average Bonchev–Trinajstić information content (AvgIpc) is 2.15. The SMILES string of the molecule is C=C(O)Cc1ccco1. The summed E-state index contributed by atoms with van der Waals surface area (Å²) >= 11 is 0. The second-order valence-corrected chi connectivity index (χ2v) is 1.82. The van der Waals surface area contributed by atoms with E-state index in [-0.39, 0.29) is 5.76 Å². The number of aliphatic hydroxyl groups is 1. The van der Waals surface area contributed by atoms with Gasteiger partial charge in [0.25, 0.3) is 0 Å². The second-order valence-electron chi connectivity index (χ2n) is 1.82. The third-order valence-electron chi connectivity index (χ3n) is 0.958. The Labute approximate surface area is 53.4 Å². The summed E-state index contributed by atoms with van der Waals surface area (Å²) in [5, 5.41) is 8.67. The van der Waals surface area contributed by atoms with E-state index in [1.165, 1.54) is 0 Å². The Kier molecular flexibility index (Phi) is 1.58. The molecule has 1 aromatic rings. The zero-order valence-electron chi connectivity index (χ0n) is 5.00. The predicted molar refractivity (Wildman–Crippen MR) is 34.2 cm³/mol. The predicted octanol–water partition coefficient (Wildman–Crippen LogP) is 1.89. The summed E-state index contributed by atoms with van der Waals surface area (Å²) in [4.78, 5) is 0. The third-order valence-corrected chi connectivity index (χ3v) is 0.958. The zero-order valence-corrected chi connectivity index (χ0v) is 5.00. The molecule has 2 nitrogen and oxygen atoms in total. The Bertz CT molecular complexity index is 187. The summed E-state index contributed by atoms with van der Waals surface area (Å²) in [5.41, 5.74) is 0. The van der Waals surface area contributed by atoms with Crippen LogP contribution in [0.2, 0.25) is 0 Å². The number of hydrogen-bond donors (Lipinski definition) is 1. The van der Waals surface area contributed by atoms with Gasteiger partial charge in [-0.2, -0.15) is 0 Å². The highest BCUT2D eigenvalue weighted by molar-refractivity contribution is 5.04. The average molecular weight is 124 g/mol. The fraction of sp³-hybridized carbons (Fsp3) is 0.143. The van der Waals surface area contributed by atoms with Crippen LogP contribution in [0, 0.1) is 0 Å². The molecular weight excluding hydrogens is 116 g/mol. The van der Waals surface area contributed by atoms with Crippen molar-refractivity contribution in [2.75, 3.05) is 0 Å². The number of allylic oxidation sites excluding steroid dienone is 1. The Hall–Kier alpha value is -1.18. The number of rotatable bonds is 2. The highest BCUT2D eigenvalue weighted by Crippen LogP contribution is 2.03. The molecule has 0 aliphatic carbocycles. The molecule has 0 aliphatic rings. The standard InChI is InChI=1S/C7H8O2/c1-6(8)5-7-3-2-4-9-7/h2-4,8H,1,5H2. The number of hydrogen-bond acceptors (Lipinski definition) is 2. The molecule has 1 aromatic heterocycles. The third kappa shape index (κ3) is 1.64. The fourth-order valence-corrected chi connectivity index (χ4v) is 0.614. The van der Waals surface area contributed by atoms with Crippen LogP contribution in [0.3, 0.4) is 0 Å². The molecule has 0 unspecified atom stereocenters. The summed E-state index contributed by atoms with van der Waals surface area (Å²) < 4.78 is 4.92. The Balaban J connectivity index is 2.58. The van der Waals surface area contributed by atoms with Crippen LogP contribution in [0.25, 0.3) is 0 Å². The van der Waals surface area contributed by atoms with Crippen LogP contribution < -0.4 is 0 Å². The first-order valence-electron chi connectivity index (χ1n) is 2.68. The maximum absolute atomic E-state index is 8.67. The van der Waals surface area contributed by atoms with Crippen LogP contribution in [-0.4, -0.2) is 5.11 Å². The fourth-order valence-electron chi connectivity index (χ4n) is 0.614. The van der Waals surface area contributed by atoms with Gasteiger partial charge in [0.1, 0.15) is 5.76 Å². The van der Waals surface area contributed by atoms with Crippen molar-refractivity contribution in [2.45, 2.75) is 6.42 Å². The van der Waals surface area contributed by atoms with Gasteiger partial charge >= 0.3 is 0 Å². The molecule has 0 radical (unpaired) electrons. The van der Waals surface area contributed by atoms with Gasteiger partial charge in [-0.05, 0) is 12.1 Å². The molecule has 0 amide bonds. The lowest BCUT2D eigenvalue weighted by Crippen LogP contribution is -1.82. The molecule has 0 saturated heterocycles. The van der Waals surface area contributed by atoms with Crippen LogP contribution in [0.15, 0.2) is 35.2 Å². The molecule has 0 saturated carbocycles. The van der Waals surface area contributed by atoms with Crippen molar-refractivity contribution in [2.24, 2.45) is 0 Å². The summed E-state index contributed by atoms with van der Waals surface area (Å²) in [6.07, 6.45) is 1.98. The van der Waals surface area contributed by atoms with Gasteiger partial charge in [-0.15, -0.1) is 0 Å². The summed E-state index contributed by atoms with van der Waals surface area (Å²) in [5.74, 6) is 0.868. The van der Waals surface area contributed by atoms with Gasteiger partial charge in [-0.25, -0.2) is 0 Å². The van der Waals surface area contributed by atoms with Crippen molar-refractivity contribution >= 4 is 0 Å². The second kappa shape index (κ2) is 2.40. The zero-order chi connectivity index (χ0) is 6.69. The molecule has 1 N–H and O–H groups in total. The molecule has 0 aliphatic heterocycles. The topological polar surface area (TPSA) is 33.4 Å². The lowest BCUT2D eigenvalue weighted by atomic mass is 10.3. The van der Waals surface area contributed by atoms with Gasteiger partial charge in [-0.1, -0.05) is 6.58 Å². The highest BCUT2D eigenvalue weighted by Gasteiger charge is 1.94. The van der Waals surface area contributed by atoms with Crippen LogP contribution >= 0.6 is 0 Å². The van der Waals surface area contributed by atoms with E-state index in [1.54, 1.807) is 18.4 Å². The monoisotopic (exact) mass is 124 g/mol. The minimum absolute atomic E-state index is 0.130. The maximum Gasteiger partial charge on any atom is 0.111 e. The smallest absolute Gasteiger partial charge is 0.111 e. The molecule has 1 heterocycles. The molecule has 9 heavy (non-hydrogen) atoms. The van der Waals surface area contributed by atoms with Gasteiger partial charge < -0.3 is 9.52 Å². The van der Waals surface area contributed by atoms with Crippen LogP contribution in [0.1, 0.15) is 5.76 Å². The number of furan rings is 1. The van der Waals surface area contributed by atoms with E-state index >= 15 is 0 Å². The largest absolute Gasteiger partial charge is 0.512 e. The van der Waals surface area contributed by atoms with Crippen LogP contribution in [0.5, 0.6) is 0 Å². The quantitative estimate of drug-likeness (QED) is 0.611. The Morgan fingerprint density at radius 1 is 1.78 bits per heavy atom. The molecule has 48 valence electrons. The van der Waals surface area contributed by atoms with Crippen molar-refractivity contribution in [3.8, 4) is 0 Å². The summed E-state index contributed by atoms with van der Waals surface area (Å²) in [7, 11) is 0. The lowest BCUT2D eigenvalue weighted by molar-refractivity contribution is 0.384. The molecule has 0 atom stereocenters. The van der Waals surface area contributed by atoms with E-state index in [0.29, 0.717) is 6.42 Å². The van der Waals surface area contributed by atoms with E-state index in [9.17, 15) is 0 Å². The summed E-state index contributed by atoms with van der Waals surface area (Å²) in [6, 6.07) is 3.57. The van der Waals surface area contributed by atoms with Crippen molar-refractivity contribution in [3.05, 3.63) is 36.5 Å². The normalized spacial score (nSPS) is 9.33. The van der Waals surface area contributed by atoms with Crippen LogP contribution in [-0.2, 0) is 6.42 Å². The van der Waals surface area contributed by atoms with Gasteiger partial charge in [0.15, 0.2) is 0 Å². The summed E-state index contributed by atoms with van der Waals surface area (Å²) in [6.45, 7) is 3.33. The van der Waals surface area contributed by atoms with E-state index in [1.807, 2.05) is 0 Å². The molecule has 0 spiro atoms. The first kappa shape index (κ1) is 5.95. The van der Waals surface area contributed by atoms with Crippen molar-refractivity contribution in [1.29, 1.82) is 0 Å². The number of aliphatic hydroxyl groups excluding tert-OH is 1. The van der Waals surface area contributed by atoms with Crippen molar-refractivity contribution in [3.63, 3.8) is 0 Å². The van der Waals surface area contributed by atoms with E-state index in [0.717, 1.165) is 5.76 Å². The molecule has 2 heteroatoms. The minimum atomic E-state index is 0.130. The molecule has 1 rings (SSSR count). The van der Waals surface area contributed by atoms with Gasteiger partial charge in [-0.3, -0.25) is 0 Å². The molecule has 0 aromatic carbocycles. The first-order valence-corrected chi connectivity index (χ1v) is 2.68. The van der Waals surface area contributed by atoms with Gasteiger partial charge in [0, 0.05) is 0 Å². The van der Waals surface area contributed by atoms with E-state index < -0.39 is 0 Å². The van der Waals surface area contributed by atoms with E-state index in [4.69, 9.17) is 9.52 Å². The van der Waals surface area contributed by atoms with Gasteiger partial charge in [0.05, 0.1) is 18.4 Å². The molecular formula is C7H8O2. The van der Waals surface area contributed by atoms with Crippen molar-refractivity contribution < 1.29 is 9.52 Å². The first-order chi connectivity index (χ1) is 4.29. The van der Waals surface area contributed by atoms with Crippen molar-refractivity contribution in [1.82, 2.24) is 0 Å². The highest BCUT2D eigenvalue weighted by atomic mass is 16.3. The Morgan fingerprint density at radius 2 is 2.56 bits per heavy atom. The van der Waals surface area contributed by atoms with E-state index in [2.05, 4.69) is 6.58 Å². The molecule has 0 bridgehead atoms. The Morgan fingerprint density at radius 3 is 3.00 bits per heavy atom. The van der Waals surface area contributed by atoms with Crippen LogP contribution in [0.4, 0.5) is 0 Å². The minimum Gasteiger partial charge on any atom is -0.512 e. The van der Waals surface area contributed by atoms with Gasteiger partial charge in [0.2, 0.25) is 0 Å². The molecule has 0 fully saturated rings.